The summed E-state index contributed by atoms with van der Waals surface area (Å²) in [6, 6.07) is 3.71. The molecule has 15 heavy (non-hydrogen) atoms. The predicted molar refractivity (Wildman–Crippen MR) is 54.9 cm³/mol. The highest BCUT2D eigenvalue weighted by Crippen LogP contribution is 2.22. The second kappa shape index (κ2) is 5.05. The summed E-state index contributed by atoms with van der Waals surface area (Å²) < 4.78 is 4.82. The molecule has 0 unspecified atom stereocenters. The monoisotopic (exact) mass is 208 g/mol. The van der Waals surface area contributed by atoms with E-state index in [1.54, 1.807) is 12.2 Å². The van der Waals surface area contributed by atoms with Crippen molar-refractivity contribution >= 4 is 5.97 Å². The SMILES string of the molecule is C/C=C/COC(=O)c1ccc(O)cc1O. The van der Waals surface area contributed by atoms with Crippen LogP contribution in [-0.4, -0.2) is 22.8 Å². The number of carbonyl (C=O) groups excluding carboxylic acids is 1. The van der Waals surface area contributed by atoms with Gasteiger partial charge in [0, 0.05) is 6.07 Å². The fourth-order valence-electron chi connectivity index (χ4n) is 0.990. The molecule has 1 aromatic rings. The standard InChI is InChI=1S/C11H12O4/c1-2-3-6-15-11(14)9-5-4-8(12)7-10(9)13/h2-5,7,12-13H,6H2,1H3/b3-2+. The lowest BCUT2D eigenvalue weighted by Crippen LogP contribution is -2.05. The molecule has 0 saturated carbocycles. The topological polar surface area (TPSA) is 66.8 Å². The Morgan fingerprint density at radius 3 is 2.80 bits per heavy atom. The van der Waals surface area contributed by atoms with Gasteiger partial charge in [0.25, 0.3) is 0 Å². The Balaban J connectivity index is 2.73. The van der Waals surface area contributed by atoms with Gasteiger partial charge in [-0.25, -0.2) is 4.79 Å². The van der Waals surface area contributed by atoms with Crippen LogP contribution >= 0.6 is 0 Å². The molecule has 4 heteroatoms. The maximum Gasteiger partial charge on any atom is 0.342 e. The zero-order valence-corrected chi connectivity index (χ0v) is 8.30. The van der Waals surface area contributed by atoms with Crippen LogP contribution in [0, 0.1) is 0 Å². The number of hydrogen-bond acceptors (Lipinski definition) is 4. The Bertz CT molecular complexity index is 382. The van der Waals surface area contributed by atoms with Crippen molar-refractivity contribution in [1.82, 2.24) is 0 Å². The molecule has 0 amide bonds. The van der Waals surface area contributed by atoms with Crippen molar-refractivity contribution in [3.8, 4) is 11.5 Å². The third-order valence-corrected chi connectivity index (χ3v) is 1.75. The number of rotatable bonds is 3. The van der Waals surface area contributed by atoms with Crippen molar-refractivity contribution in [2.24, 2.45) is 0 Å². The van der Waals surface area contributed by atoms with E-state index in [1.807, 2.05) is 6.92 Å². The van der Waals surface area contributed by atoms with Gasteiger partial charge < -0.3 is 14.9 Å². The molecule has 1 aromatic carbocycles. The molecular weight excluding hydrogens is 196 g/mol. The van der Waals surface area contributed by atoms with Crippen LogP contribution < -0.4 is 0 Å². The first-order valence-electron chi connectivity index (χ1n) is 4.45. The van der Waals surface area contributed by atoms with Gasteiger partial charge in [0.2, 0.25) is 0 Å². The summed E-state index contributed by atoms with van der Waals surface area (Å²) in [5.74, 6) is -1.01. The number of ether oxygens (including phenoxy) is 1. The first kappa shape index (κ1) is 11.1. The fourth-order valence-corrected chi connectivity index (χ4v) is 0.990. The van der Waals surface area contributed by atoms with E-state index in [-0.39, 0.29) is 23.7 Å². The molecule has 2 N–H and O–H groups in total. The van der Waals surface area contributed by atoms with Crippen LogP contribution in [0.3, 0.4) is 0 Å². The second-order valence-corrected chi connectivity index (χ2v) is 2.87. The lowest BCUT2D eigenvalue weighted by molar-refractivity contribution is 0.0546. The van der Waals surface area contributed by atoms with Gasteiger partial charge in [-0.05, 0) is 19.1 Å². The lowest BCUT2D eigenvalue weighted by Gasteiger charge is -2.04. The van der Waals surface area contributed by atoms with Crippen molar-refractivity contribution in [3.63, 3.8) is 0 Å². The minimum Gasteiger partial charge on any atom is -0.508 e. The van der Waals surface area contributed by atoms with Gasteiger partial charge in [-0.15, -0.1) is 0 Å². The van der Waals surface area contributed by atoms with E-state index in [9.17, 15) is 9.90 Å². The van der Waals surface area contributed by atoms with E-state index >= 15 is 0 Å². The van der Waals surface area contributed by atoms with E-state index < -0.39 is 5.97 Å². The van der Waals surface area contributed by atoms with Crippen molar-refractivity contribution in [2.75, 3.05) is 6.61 Å². The van der Waals surface area contributed by atoms with Crippen molar-refractivity contribution in [1.29, 1.82) is 0 Å². The molecule has 0 fully saturated rings. The van der Waals surface area contributed by atoms with Crippen LogP contribution in [0.5, 0.6) is 11.5 Å². The molecule has 0 saturated heterocycles. The molecule has 80 valence electrons. The van der Waals surface area contributed by atoms with Crippen LogP contribution in [-0.2, 0) is 4.74 Å². The Hall–Kier alpha value is -1.97. The molecule has 0 radical (unpaired) electrons. The average molecular weight is 208 g/mol. The van der Waals surface area contributed by atoms with Crippen LogP contribution in [0.15, 0.2) is 30.4 Å². The third-order valence-electron chi connectivity index (χ3n) is 1.75. The summed E-state index contributed by atoms with van der Waals surface area (Å²) in [5.41, 5.74) is 0.0392. The van der Waals surface area contributed by atoms with Gasteiger partial charge in [0.15, 0.2) is 0 Å². The number of phenols is 2. The summed E-state index contributed by atoms with van der Waals surface area (Å²) >= 11 is 0. The molecule has 1 rings (SSSR count). The van der Waals surface area contributed by atoms with Crippen molar-refractivity contribution in [3.05, 3.63) is 35.9 Å². The number of carbonyl (C=O) groups is 1. The van der Waals surface area contributed by atoms with Crippen LogP contribution in [0.1, 0.15) is 17.3 Å². The third kappa shape index (κ3) is 3.02. The smallest absolute Gasteiger partial charge is 0.342 e. The minimum atomic E-state index is -0.620. The molecular formula is C11H12O4. The van der Waals surface area contributed by atoms with Gasteiger partial charge in [0.05, 0.1) is 0 Å². The summed E-state index contributed by atoms with van der Waals surface area (Å²) in [6.07, 6.45) is 3.43. The van der Waals surface area contributed by atoms with E-state index in [2.05, 4.69) is 0 Å². The van der Waals surface area contributed by atoms with Gasteiger partial charge in [-0.3, -0.25) is 0 Å². The van der Waals surface area contributed by atoms with Gasteiger partial charge >= 0.3 is 5.97 Å². The second-order valence-electron chi connectivity index (χ2n) is 2.87. The summed E-state index contributed by atoms with van der Waals surface area (Å²) in [5, 5.41) is 18.3. The number of aromatic hydroxyl groups is 2. The van der Waals surface area contributed by atoms with Gasteiger partial charge in [0.1, 0.15) is 23.7 Å². The Morgan fingerprint density at radius 2 is 2.20 bits per heavy atom. The number of esters is 1. The van der Waals surface area contributed by atoms with E-state index in [0.717, 1.165) is 6.07 Å². The molecule has 0 aromatic heterocycles. The molecule has 0 spiro atoms. The van der Waals surface area contributed by atoms with E-state index in [1.165, 1.54) is 12.1 Å². The van der Waals surface area contributed by atoms with Crippen molar-refractivity contribution < 1.29 is 19.7 Å². The average Bonchev–Trinajstić information content (AvgIpc) is 2.17. The molecule has 4 nitrogen and oxygen atoms in total. The van der Waals surface area contributed by atoms with Crippen LogP contribution in [0.4, 0.5) is 0 Å². The van der Waals surface area contributed by atoms with Crippen LogP contribution in [0.25, 0.3) is 0 Å². The van der Waals surface area contributed by atoms with Gasteiger partial charge in [-0.1, -0.05) is 12.2 Å². The van der Waals surface area contributed by atoms with E-state index in [0.29, 0.717) is 0 Å². The highest BCUT2D eigenvalue weighted by Gasteiger charge is 2.12. The molecule has 0 bridgehead atoms. The summed E-state index contributed by atoms with van der Waals surface area (Å²) in [4.78, 5) is 11.4. The Labute approximate surface area is 87.4 Å². The zero-order chi connectivity index (χ0) is 11.3. The number of allylic oxidation sites excluding steroid dienone is 1. The molecule has 0 heterocycles. The molecule has 0 atom stereocenters. The Kier molecular flexibility index (Phi) is 3.74. The maximum atomic E-state index is 11.4. The lowest BCUT2D eigenvalue weighted by atomic mass is 10.2. The Morgan fingerprint density at radius 1 is 1.47 bits per heavy atom. The number of phenolic OH excluding ortho intramolecular Hbond substituents is 2. The summed E-state index contributed by atoms with van der Waals surface area (Å²) in [7, 11) is 0. The highest BCUT2D eigenvalue weighted by atomic mass is 16.5. The first-order valence-corrected chi connectivity index (χ1v) is 4.45. The molecule has 0 aliphatic rings. The normalized spacial score (nSPS) is 10.5. The van der Waals surface area contributed by atoms with Gasteiger partial charge in [-0.2, -0.15) is 0 Å². The first-order chi connectivity index (χ1) is 7.15. The number of benzene rings is 1. The minimum absolute atomic E-state index is 0.0392. The van der Waals surface area contributed by atoms with E-state index in [4.69, 9.17) is 9.84 Å². The zero-order valence-electron chi connectivity index (χ0n) is 8.30. The van der Waals surface area contributed by atoms with Crippen molar-refractivity contribution in [2.45, 2.75) is 6.92 Å². The molecule has 0 aliphatic heterocycles. The summed E-state index contributed by atoms with van der Waals surface area (Å²) in [6.45, 7) is 1.97. The maximum absolute atomic E-state index is 11.4. The molecule has 0 aliphatic carbocycles. The highest BCUT2D eigenvalue weighted by molar-refractivity contribution is 5.92. The largest absolute Gasteiger partial charge is 0.508 e. The predicted octanol–water partition coefficient (Wildman–Crippen LogP) is 1.83. The number of hydrogen-bond donors (Lipinski definition) is 2. The fraction of sp³-hybridized carbons (Fsp3) is 0.182. The quantitative estimate of drug-likeness (QED) is 0.587. The van der Waals surface area contributed by atoms with Crippen LogP contribution in [0.2, 0.25) is 0 Å².